The summed E-state index contributed by atoms with van der Waals surface area (Å²) in [6.45, 7) is 8.46. The fourth-order valence-corrected chi connectivity index (χ4v) is 2.30. The molecule has 4 nitrogen and oxygen atoms in total. The Morgan fingerprint density at radius 2 is 1.70 bits per heavy atom. The van der Waals surface area contributed by atoms with Gasteiger partial charge in [-0.05, 0) is 30.5 Å². The highest BCUT2D eigenvalue weighted by atomic mass is 16.2. The number of anilines is 1. The number of hydrogen-bond acceptors (Lipinski definition) is 2. The van der Waals surface area contributed by atoms with Crippen LogP contribution in [0.2, 0.25) is 0 Å². The molecule has 0 radical (unpaired) electrons. The molecule has 1 rings (SSSR count). The summed E-state index contributed by atoms with van der Waals surface area (Å²) in [7, 11) is 0. The van der Waals surface area contributed by atoms with Crippen molar-refractivity contribution in [3.63, 3.8) is 0 Å². The number of unbranched alkanes of at least 4 members (excludes halogenated alkanes) is 1. The first-order valence-corrected chi connectivity index (χ1v) is 8.65. The minimum atomic E-state index is -0.0388. The Bertz CT molecular complexity index is 495. The van der Waals surface area contributed by atoms with E-state index in [0.29, 0.717) is 6.54 Å². The third-order valence-electron chi connectivity index (χ3n) is 3.98. The van der Waals surface area contributed by atoms with Crippen molar-refractivity contribution in [3.8, 4) is 0 Å². The molecule has 2 N–H and O–H groups in total. The van der Waals surface area contributed by atoms with E-state index in [0.717, 1.165) is 36.9 Å². The molecule has 1 aromatic rings. The molecule has 0 spiro atoms. The molecule has 0 saturated heterocycles. The second-order valence-electron chi connectivity index (χ2n) is 6.31. The highest BCUT2D eigenvalue weighted by molar-refractivity contribution is 5.92. The number of nitrogens with one attached hydrogen (secondary N) is 2. The topological polar surface area (TPSA) is 58.2 Å². The quantitative estimate of drug-likeness (QED) is 0.720. The van der Waals surface area contributed by atoms with Crippen molar-refractivity contribution in [2.45, 2.75) is 59.9 Å². The number of benzene rings is 1. The number of carbonyl (C=O) groups excluding carboxylic acids is 2. The van der Waals surface area contributed by atoms with Crippen LogP contribution in [-0.2, 0) is 16.1 Å². The maximum Gasteiger partial charge on any atom is 0.226 e. The highest BCUT2D eigenvalue weighted by Crippen LogP contribution is 2.14. The van der Waals surface area contributed by atoms with Crippen LogP contribution in [0.3, 0.4) is 0 Å². The van der Waals surface area contributed by atoms with E-state index in [1.807, 2.05) is 38.1 Å². The lowest BCUT2D eigenvalue weighted by Gasteiger charge is -2.15. The fraction of sp³-hybridized carbons (Fsp3) is 0.579. The van der Waals surface area contributed by atoms with Gasteiger partial charge in [0.2, 0.25) is 11.8 Å². The van der Waals surface area contributed by atoms with Gasteiger partial charge in [0.05, 0.1) is 0 Å². The van der Waals surface area contributed by atoms with E-state index < -0.39 is 0 Å². The van der Waals surface area contributed by atoms with Gasteiger partial charge in [0.25, 0.3) is 0 Å². The van der Waals surface area contributed by atoms with E-state index in [-0.39, 0.29) is 23.7 Å². The Kier molecular flexibility index (Phi) is 8.38. The maximum absolute atomic E-state index is 12.2. The molecule has 0 aromatic heterocycles. The molecule has 0 heterocycles. The van der Waals surface area contributed by atoms with Crippen molar-refractivity contribution >= 4 is 17.5 Å². The van der Waals surface area contributed by atoms with Crippen molar-refractivity contribution in [2.24, 2.45) is 11.8 Å². The largest absolute Gasteiger partial charge is 0.352 e. The predicted molar refractivity (Wildman–Crippen MR) is 95.1 cm³/mol. The first-order valence-electron chi connectivity index (χ1n) is 8.65. The lowest BCUT2D eigenvalue weighted by Crippen LogP contribution is -2.30. The zero-order chi connectivity index (χ0) is 17.2. The van der Waals surface area contributed by atoms with Gasteiger partial charge >= 0.3 is 0 Å². The van der Waals surface area contributed by atoms with Crippen LogP contribution in [0.1, 0.15) is 58.9 Å². The van der Waals surface area contributed by atoms with Crippen LogP contribution in [0.5, 0.6) is 0 Å². The lowest BCUT2D eigenvalue weighted by molar-refractivity contribution is -0.125. The van der Waals surface area contributed by atoms with Crippen LogP contribution >= 0.6 is 0 Å². The summed E-state index contributed by atoms with van der Waals surface area (Å²) >= 11 is 0. The van der Waals surface area contributed by atoms with Crippen molar-refractivity contribution in [1.82, 2.24) is 5.32 Å². The van der Waals surface area contributed by atoms with Crippen molar-refractivity contribution in [1.29, 1.82) is 0 Å². The lowest BCUT2D eigenvalue weighted by atomic mass is 9.98. The van der Waals surface area contributed by atoms with E-state index >= 15 is 0 Å². The maximum atomic E-state index is 12.2. The molecular weight excluding hydrogens is 288 g/mol. The third-order valence-corrected chi connectivity index (χ3v) is 3.98. The second kappa shape index (κ2) is 10.0. The first kappa shape index (κ1) is 19.2. The van der Waals surface area contributed by atoms with Crippen LogP contribution in [0.25, 0.3) is 0 Å². The van der Waals surface area contributed by atoms with E-state index in [1.54, 1.807) is 0 Å². The molecular formula is C19H30N2O2. The predicted octanol–water partition coefficient (Wildman–Crippen LogP) is 4.11. The molecule has 2 amide bonds. The third kappa shape index (κ3) is 6.85. The molecule has 1 aromatic carbocycles. The summed E-state index contributed by atoms with van der Waals surface area (Å²) in [5.41, 5.74) is 1.82. The number of carbonyl (C=O) groups is 2. The molecule has 128 valence electrons. The van der Waals surface area contributed by atoms with Crippen molar-refractivity contribution < 1.29 is 9.59 Å². The Morgan fingerprint density at radius 1 is 1.04 bits per heavy atom. The monoisotopic (exact) mass is 318 g/mol. The van der Waals surface area contributed by atoms with Gasteiger partial charge in [0.15, 0.2) is 0 Å². The highest BCUT2D eigenvalue weighted by Gasteiger charge is 2.15. The van der Waals surface area contributed by atoms with Crippen LogP contribution in [0.4, 0.5) is 5.69 Å². The molecule has 0 aliphatic heterocycles. The Morgan fingerprint density at radius 3 is 2.22 bits per heavy atom. The van der Waals surface area contributed by atoms with Gasteiger partial charge in [0.1, 0.15) is 0 Å². The smallest absolute Gasteiger partial charge is 0.226 e. The minimum absolute atomic E-state index is 0.00719. The van der Waals surface area contributed by atoms with Gasteiger partial charge in [0, 0.05) is 24.1 Å². The average molecular weight is 318 g/mol. The zero-order valence-electron chi connectivity index (χ0n) is 14.8. The van der Waals surface area contributed by atoms with Gasteiger partial charge in [-0.15, -0.1) is 0 Å². The van der Waals surface area contributed by atoms with Crippen molar-refractivity contribution in [2.75, 3.05) is 5.32 Å². The molecule has 0 aliphatic rings. The van der Waals surface area contributed by atoms with Crippen LogP contribution in [-0.4, -0.2) is 11.8 Å². The van der Waals surface area contributed by atoms with Crippen LogP contribution < -0.4 is 10.6 Å². The summed E-state index contributed by atoms with van der Waals surface area (Å²) in [4.78, 5) is 23.8. The number of amides is 2. The van der Waals surface area contributed by atoms with E-state index in [2.05, 4.69) is 24.5 Å². The van der Waals surface area contributed by atoms with E-state index in [9.17, 15) is 9.59 Å². The molecule has 4 heteroatoms. The Labute approximate surface area is 140 Å². The summed E-state index contributed by atoms with van der Waals surface area (Å²) in [5.74, 6) is 0.216. The summed E-state index contributed by atoms with van der Waals surface area (Å²) in [6, 6.07) is 7.61. The first-order chi connectivity index (χ1) is 11.0. The standard InChI is InChI=1S/C19H30N2O2/c1-5-7-8-16(6-2)19(23)20-13-15-9-11-17(12-10-15)21-18(22)14(3)4/h9-12,14,16H,5-8,13H2,1-4H3,(H,20,23)(H,21,22). The molecule has 0 aliphatic carbocycles. The Balaban J connectivity index is 2.48. The number of rotatable bonds is 9. The van der Waals surface area contributed by atoms with Crippen LogP contribution in [0.15, 0.2) is 24.3 Å². The molecule has 0 saturated carbocycles. The summed E-state index contributed by atoms with van der Waals surface area (Å²) < 4.78 is 0. The summed E-state index contributed by atoms with van der Waals surface area (Å²) in [6.07, 6.45) is 4.05. The molecule has 0 fully saturated rings. The zero-order valence-corrected chi connectivity index (χ0v) is 14.8. The SMILES string of the molecule is CCCCC(CC)C(=O)NCc1ccc(NC(=O)C(C)C)cc1. The number of hydrogen-bond donors (Lipinski definition) is 2. The van der Waals surface area contributed by atoms with Gasteiger partial charge in [-0.25, -0.2) is 0 Å². The summed E-state index contributed by atoms with van der Waals surface area (Å²) in [5, 5.41) is 5.87. The van der Waals surface area contributed by atoms with E-state index in [4.69, 9.17) is 0 Å². The molecule has 1 atom stereocenters. The second-order valence-corrected chi connectivity index (χ2v) is 6.31. The van der Waals surface area contributed by atoms with Gasteiger partial charge in [-0.3, -0.25) is 9.59 Å². The molecule has 0 bridgehead atoms. The molecule has 1 unspecified atom stereocenters. The molecule has 23 heavy (non-hydrogen) atoms. The normalized spacial score (nSPS) is 12.0. The average Bonchev–Trinajstić information content (AvgIpc) is 2.54. The van der Waals surface area contributed by atoms with Gasteiger partial charge < -0.3 is 10.6 Å². The van der Waals surface area contributed by atoms with Gasteiger partial charge in [-0.2, -0.15) is 0 Å². The van der Waals surface area contributed by atoms with Crippen LogP contribution in [0, 0.1) is 11.8 Å². The van der Waals surface area contributed by atoms with Gasteiger partial charge in [-0.1, -0.05) is 52.7 Å². The fourth-order valence-electron chi connectivity index (χ4n) is 2.30. The minimum Gasteiger partial charge on any atom is -0.352 e. The van der Waals surface area contributed by atoms with E-state index in [1.165, 1.54) is 0 Å². The Hall–Kier alpha value is -1.84. The van der Waals surface area contributed by atoms with Crippen molar-refractivity contribution in [3.05, 3.63) is 29.8 Å².